The maximum atomic E-state index is 12.9. The lowest BCUT2D eigenvalue weighted by Crippen LogP contribution is -2.20. The molecule has 0 aromatic heterocycles. The highest BCUT2D eigenvalue weighted by molar-refractivity contribution is 6.39. The Morgan fingerprint density at radius 2 is 1.64 bits per heavy atom. The Bertz CT molecular complexity index is 987. The summed E-state index contributed by atoms with van der Waals surface area (Å²) in [4.78, 5) is 12.2. The predicted molar refractivity (Wildman–Crippen MR) is 112 cm³/mol. The molecule has 0 saturated heterocycles. The molecule has 2 N–H and O–H groups in total. The van der Waals surface area contributed by atoms with Crippen LogP contribution in [0.5, 0.6) is 0 Å². The van der Waals surface area contributed by atoms with Crippen molar-refractivity contribution in [1.82, 2.24) is 5.43 Å². The molecule has 4 nitrogen and oxygen atoms in total. The van der Waals surface area contributed by atoms with Crippen molar-refractivity contribution >= 4 is 46.7 Å². The summed E-state index contributed by atoms with van der Waals surface area (Å²) in [5.74, 6) is -0.623. The van der Waals surface area contributed by atoms with Gasteiger partial charge in [-0.1, -0.05) is 59.6 Å². The number of carbonyl (C=O) groups excluding carboxylic acids is 1. The summed E-state index contributed by atoms with van der Waals surface area (Å²) in [5, 5.41) is 8.05. The monoisotopic (exact) mass is 415 g/mol. The molecule has 28 heavy (non-hydrogen) atoms. The number of nitrogens with zero attached hydrogens (tertiary/aromatic N) is 1. The topological polar surface area (TPSA) is 53.5 Å². The smallest absolute Gasteiger partial charge is 0.244 e. The summed E-state index contributed by atoms with van der Waals surface area (Å²) in [6.45, 7) is 0. The second-order valence-corrected chi connectivity index (χ2v) is 6.71. The third-order valence-corrected chi connectivity index (χ3v) is 4.49. The number of para-hydroxylation sites is 2. The lowest BCUT2D eigenvalue weighted by atomic mass is 10.1. The van der Waals surface area contributed by atoms with Crippen LogP contribution in [0.25, 0.3) is 0 Å². The van der Waals surface area contributed by atoms with Crippen molar-refractivity contribution in [1.29, 1.82) is 0 Å². The zero-order chi connectivity index (χ0) is 19.9. The van der Waals surface area contributed by atoms with Crippen LogP contribution >= 0.6 is 23.2 Å². The Kier molecular flexibility index (Phi) is 6.63. The van der Waals surface area contributed by atoms with Crippen LogP contribution in [0.3, 0.4) is 0 Å². The second-order valence-electron chi connectivity index (χ2n) is 5.90. The van der Waals surface area contributed by atoms with E-state index >= 15 is 0 Å². The molecule has 0 heterocycles. The van der Waals surface area contributed by atoms with Crippen LogP contribution in [0, 0.1) is 5.82 Å². The molecule has 142 valence electrons. The van der Waals surface area contributed by atoms with Crippen molar-refractivity contribution in [3.63, 3.8) is 0 Å². The van der Waals surface area contributed by atoms with Gasteiger partial charge in [0.1, 0.15) is 5.82 Å². The van der Waals surface area contributed by atoms with E-state index in [1.54, 1.807) is 30.3 Å². The van der Waals surface area contributed by atoms with Crippen molar-refractivity contribution in [2.45, 2.75) is 6.42 Å². The Morgan fingerprint density at radius 1 is 0.964 bits per heavy atom. The van der Waals surface area contributed by atoms with Crippen LogP contribution in [0.15, 0.2) is 71.8 Å². The minimum Gasteiger partial charge on any atom is -0.353 e. The van der Waals surface area contributed by atoms with Gasteiger partial charge in [0.2, 0.25) is 5.91 Å². The minimum absolute atomic E-state index is 0.103. The number of hydrogen-bond donors (Lipinski definition) is 2. The number of anilines is 2. The molecule has 3 rings (SSSR count). The zero-order valence-electron chi connectivity index (χ0n) is 14.6. The highest BCUT2D eigenvalue weighted by atomic mass is 35.5. The molecule has 0 aliphatic carbocycles. The van der Waals surface area contributed by atoms with E-state index in [2.05, 4.69) is 15.8 Å². The number of nitrogens with one attached hydrogen (secondary N) is 2. The van der Waals surface area contributed by atoms with Gasteiger partial charge in [0.05, 0.1) is 28.4 Å². The fourth-order valence-electron chi connectivity index (χ4n) is 2.49. The Balaban J connectivity index is 1.67. The van der Waals surface area contributed by atoms with E-state index in [-0.39, 0.29) is 18.1 Å². The van der Waals surface area contributed by atoms with E-state index in [9.17, 15) is 9.18 Å². The molecule has 0 radical (unpaired) electrons. The SMILES string of the molecule is O=C(Cc1ccccc1Nc1c(Cl)cccc1Cl)N/N=C/c1ccc(F)cc1. The Morgan fingerprint density at radius 3 is 2.36 bits per heavy atom. The van der Waals surface area contributed by atoms with E-state index in [0.717, 1.165) is 11.3 Å². The largest absolute Gasteiger partial charge is 0.353 e. The average molecular weight is 416 g/mol. The maximum absolute atomic E-state index is 12.9. The first-order chi connectivity index (χ1) is 13.5. The summed E-state index contributed by atoms with van der Waals surface area (Å²) in [6, 6.07) is 18.4. The number of hydrogen-bond acceptors (Lipinski definition) is 3. The van der Waals surface area contributed by atoms with Gasteiger partial charge in [0.15, 0.2) is 0 Å². The molecule has 0 saturated carbocycles. The van der Waals surface area contributed by atoms with Crippen LogP contribution in [-0.4, -0.2) is 12.1 Å². The van der Waals surface area contributed by atoms with Gasteiger partial charge in [0, 0.05) is 5.69 Å². The van der Waals surface area contributed by atoms with Gasteiger partial charge in [0.25, 0.3) is 0 Å². The van der Waals surface area contributed by atoms with Crippen LogP contribution in [-0.2, 0) is 11.2 Å². The number of halogens is 3. The van der Waals surface area contributed by atoms with Gasteiger partial charge in [-0.2, -0.15) is 5.10 Å². The highest BCUT2D eigenvalue weighted by Gasteiger charge is 2.11. The third kappa shape index (κ3) is 5.31. The van der Waals surface area contributed by atoms with Crippen LogP contribution in [0.1, 0.15) is 11.1 Å². The van der Waals surface area contributed by atoms with Gasteiger partial charge in [-0.3, -0.25) is 4.79 Å². The maximum Gasteiger partial charge on any atom is 0.244 e. The average Bonchev–Trinajstić information content (AvgIpc) is 2.68. The highest BCUT2D eigenvalue weighted by Crippen LogP contribution is 2.33. The van der Waals surface area contributed by atoms with E-state index < -0.39 is 0 Å². The molecule has 3 aromatic carbocycles. The summed E-state index contributed by atoms with van der Waals surface area (Å²) >= 11 is 12.4. The van der Waals surface area contributed by atoms with E-state index in [0.29, 0.717) is 21.3 Å². The molecule has 0 aliphatic heterocycles. The molecule has 0 unspecified atom stereocenters. The fraction of sp³-hybridized carbons (Fsp3) is 0.0476. The van der Waals surface area contributed by atoms with Crippen molar-refractivity contribution < 1.29 is 9.18 Å². The molecular formula is C21H16Cl2FN3O. The third-order valence-electron chi connectivity index (χ3n) is 3.86. The van der Waals surface area contributed by atoms with Gasteiger partial charge >= 0.3 is 0 Å². The first-order valence-corrected chi connectivity index (χ1v) is 9.15. The van der Waals surface area contributed by atoms with Crippen molar-refractivity contribution in [3.05, 3.63) is 93.7 Å². The van der Waals surface area contributed by atoms with E-state index in [1.165, 1.54) is 18.3 Å². The molecule has 0 spiro atoms. The number of rotatable bonds is 6. The van der Waals surface area contributed by atoms with Gasteiger partial charge in [-0.05, 0) is 41.5 Å². The number of benzene rings is 3. The summed E-state index contributed by atoms with van der Waals surface area (Å²) < 4.78 is 12.9. The lowest BCUT2D eigenvalue weighted by Gasteiger charge is -2.14. The van der Waals surface area contributed by atoms with Crippen molar-refractivity contribution in [2.24, 2.45) is 5.10 Å². The molecule has 0 fully saturated rings. The zero-order valence-corrected chi connectivity index (χ0v) is 16.1. The summed E-state index contributed by atoms with van der Waals surface area (Å²) in [6.07, 6.45) is 1.55. The predicted octanol–water partition coefficient (Wildman–Crippen LogP) is 5.57. The van der Waals surface area contributed by atoms with Crippen LogP contribution in [0.4, 0.5) is 15.8 Å². The number of hydrazone groups is 1. The van der Waals surface area contributed by atoms with Gasteiger partial charge < -0.3 is 5.32 Å². The first-order valence-electron chi connectivity index (χ1n) is 8.39. The van der Waals surface area contributed by atoms with Crippen LogP contribution < -0.4 is 10.7 Å². The normalized spacial score (nSPS) is 10.8. The van der Waals surface area contributed by atoms with E-state index in [4.69, 9.17) is 23.2 Å². The molecule has 0 bridgehead atoms. The number of carbonyl (C=O) groups is 1. The summed E-state index contributed by atoms with van der Waals surface area (Å²) in [5.41, 5.74) is 5.19. The molecule has 7 heteroatoms. The molecule has 0 aliphatic rings. The molecule has 3 aromatic rings. The Hall–Kier alpha value is -2.89. The standard InChI is InChI=1S/C21H16Cl2FN3O/c22-17-5-3-6-18(23)21(17)26-19-7-2-1-4-15(19)12-20(28)27-25-13-14-8-10-16(24)11-9-14/h1-11,13,26H,12H2,(H,27,28)/b25-13+. The van der Waals surface area contributed by atoms with Crippen molar-refractivity contribution in [2.75, 3.05) is 5.32 Å². The van der Waals surface area contributed by atoms with E-state index in [1.807, 2.05) is 24.3 Å². The number of amides is 1. The second kappa shape index (κ2) is 9.35. The quantitative estimate of drug-likeness (QED) is 0.408. The van der Waals surface area contributed by atoms with Gasteiger partial charge in [-0.15, -0.1) is 0 Å². The van der Waals surface area contributed by atoms with Gasteiger partial charge in [-0.25, -0.2) is 9.82 Å². The molecule has 1 amide bonds. The minimum atomic E-state index is -0.330. The molecular weight excluding hydrogens is 400 g/mol. The Labute approximate surface area is 172 Å². The van der Waals surface area contributed by atoms with Crippen LogP contribution in [0.2, 0.25) is 10.0 Å². The van der Waals surface area contributed by atoms with Crippen molar-refractivity contribution in [3.8, 4) is 0 Å². The molecule has 0 atom stereocenters. The fourth-order valence-corrected chi connectivity index (χ4v) is 2.98. The lowest BCUT2D eigenvalue weighted by molar-refractivity contribution is -0.120. The first kappa shape index (κ1) is 19.9. The summed E-state index contributed by atoms with van der Waals surface area (Å²) in [7, 11) is 0.